The third-order valence-corrected chi connectivity index (χ3v) is 4.47. The van der Waals surface area contributed by atoms with Crippen molar-refractivity contribution >= 4 is 23.6 Å². The van der Waals surface area contributed by atoms with Crippen LogP contribution in [0.2, 0.25) is 0 Å². The van der Waals surface area contributed by atoms with Crippen molar-refractivity contribution in [2.75, 3.05) is 18.5 Å². The number of hydrogen-bond donors (Lipinski definition) is 2. The summed E-state index contributed by atoms with van der Waals surface area (Å²) in [7, 11) is 0. The van der Waals surface area contributed by atoms with Crippen LogP contribution in [0.1, 0.15) is 42.1 Å². The maximum Gasteiger partial charge on any atom is 0.344 e. The van der Waals surface area contributed by atoms with Crippen LogP contribution < -0.4 is 15.8 Å². The van der Waals surface area contributed by atoms with Gasteiger partial charge in [-0.1, -0.05) is 25.0 Å². The van der Waals surface area contributed by atoms with Crippen molar-refractivity contribution < 1.29 is 23.9 Å². The highest BCUT2D eigenvalue weighted by atomic mass is 16.6. The van der Waals surface area contributed by atoms with E-state index in [1.54, 1.807) is 29.1 Å². The Bertz CT molecular complexity index is 858. The third-order valence-electron chi connectivity index (χ3n) is 4.47. The van der Waals surface area contributed by atoms with Crippen molar-refractivity contribution in [2.45, 2.75) is 31.7 Å². The van der Waals surface area contributed by atoms with E-state index in [0.29, 0.717) is 5.82 Å². The molecule has 0 atom stereocenters. The van der Waals surface area contributed by atoms with Gasteiger partial charge in [0.1, 0.15) is 11.6 Å². The molecular weight excluding hydrogens is 364 g/mol. The van der Waals surface area contributed by atoms with E-state index in [2.05, 4.69) is 10.4 Å². The van der Waals surface area contributed by atoms with Crippen LogP contribution in [-0.4, -0.2) is 40.8 Å². The zero-order valence-corrected chi connectivity index (χ0v) is 15.3. The number of ether oxygens (including phenoxy) is 2. The standard InChI is InChI=1S/C19H22N4O5/c20-19(26)14-7-3-4-8-15(14)27-12-18(25)28-11-17(24)22-16-9-10-21-23(16)13-5-1-2-6-13/h3-4,7-10,13H,1-2,5-6,11-12H2,(H2,20,26)(H,22,24). The largest absolute Gasteiger partial charge is 0.481 e. The lowest BCUT2D eigenvalue weighted by atomic mass is 10.2. The molecule has 1 aromatic heterocycles. The maximum absolute atomic E-state index is 12.1. The molecule has 1 aromatic carbocycles. The molecule has 2 amide bonds. The normalized spacial score (nSPS) is 13.9. The summed E-state index contributed by atoms with van der Waals surface area (Å²) in [5, 5.41) is 6.97. The van der Waals surface area contributed by atoms with E-state index in [1.165, 1.54) is 12.1 Å². The highest BCUT2D eigenvalue weighted by Gasteiger charge is 2.21. The number of rotatable bonds is 8. The van der Waals surface area contributed by atoms with Gasteiger partial charge in [0, 0.05) is 6.07 Å². The monoisotopic (exact) mass is 386 g/mol. The summed E-state index contributed by atoms with van der Waals surface area (Å²) >= 11 is 0. The van der Waals surface area contributed by atoms with E-state index in [1.807, 2.05) is 0 Å². The number of para-hydroxylation sites is 1. The van der Waals surface area contributed by atoms with Gasteiger partial charge in [0.05, 0.1) is 17.8 Å². The molecule has 0 aliphatic heterocycles. The van der Waals surface area contributed by atoms with E-state index < -0.39 is 31.0 Å². The second kappa shape index (κ2) is 9.03. The molecule has 1 heterocycles. The lowest BCUT2D eigenvalue weighted by Crippen LogP contribution is -2.25. The van der Waals surface area contributed by atoms with Gasteiger partial charge in [-0.25, -0.2) is 9.48 Å². The van der Waals surface area contributed by atoms with Crippen LogP contribution in [0.15, 0.2) is 36.5 Å². The van der Waals surface area contributed by atoms with Crippen molar-refractivity contribution in [1.29, 1.82) is 0 Å². The van der Waals surface area contributed by atoms with E-state index in [-0.39, 0.29) is 17.4 Å². The Balaban J connectivity index is 1.46. The molecule has 0 saturated heterocycles. The number of hydrogen-bond acceptors (Lipinski definition) is 6. The van der Waals surface area contributed by atoms with Crippen LogP contribution in [0.3, 0.4) is 0 Å². The van der Waals surface area contributed by atoms with Crippen LogP contribution >= 0.6 is 0 Å². The van der Waals surface area contributed by atoms with E-state index in [9.17, 15) is 14.4 Å². The van der Waals surface area contributed by atoms with E-state index in [4.69, 9.17) is 15.2 Å². The molecule has 3 N–H and O–H groups in total. The Morgan fingerprint density at radius 2 is 1.89 bits per heavy atom. The number of anilines is 1. The van der Waals surface area contributed by atoms with Crippen molar-refractivity contribution in [3.63, 3.8) is 0 Å². The Hall–Kier alpha value is -3.36. The minimum atomic E-state index is -0.737. The lowest BCUT2D eigenvalue weighted by Gasteiger charge is -2.14. The van der Waals surface area contributed by atoms with Gasteiger partial charge in [0.15, 0.2) is 13.2 Å². The summed E-state index contributed by atoms with van der Waals surface area (Å²) < 4.78 is 12.0. The van der Waals surface area contributed by atoms with Gasteiger partial charge in [0.2, 0.25) is 0 Å². The maximum atomic E-state index is 12.1. The summed E-state index contributed by atoms with van der Waals surface area (Å²) in [6, 6.07) is 8.28. The van der Waals surface area contributed by atoms with Gasteiger partial charge in [-0.15, -0.1) is 0 Å². The first kappa shape index (κ1) is 19.4. The van der Waals surface area contributed by atoms with Crippen molar-refractivity contribution in [3.05, 3.63) is 42.1 Å². The number of nitrogens with one attached hydrogen (secondary N) is 1. The van der Waals surface area contributed by atoms with E-state index in [0.717, 1.165) is 25.7 Å². The molecule has 9 nitrogen and oxygen atoms in total. The molecule has 3 rings (SSSR count). The number of esters is 1. The fourth-order valence-electron chi connectivity index (χ4n) is 3.15. The molecule has 0 spiro atoms. The molecule has 1 saturated carbocycles. The molecule has 1 aliphatic carbocycles. The first-order valence-electron chi connectivity index (χ1n) is 9.05. The summed E-state index contributed by atoms with van der Waals surface area (Å²) in [6.07, 6.45) is 5.99. The molecule has 0 bridgehead atoms. The van der Waals surface area contributed by atoms with Crippen LogP contribution in [-0.2, 0) is 14.3 Å². The number of nitrogens with two attached hydrogens (primary N) is 1. The quantitative estimate of drug-likeness (QED) is 0.665. The SMILES string of the molecule is NC(=O)c1ccccc1OCC(=O)OCC(=O)Nc1ccnn1C1CCCC1. The van der Waals surface area contributed by atoms with Gasteiger partial charge in [-0.05, 0) is 25.0 Å². The number of carbonyl (C=O) groups is 3. The number of benzene rings is 1. The average molecular weight is 386 g/mol. The molecule has 148 valence electrons. The second-order valence-corrected chi connectivity index (χ2v) is 6.46. The topological polar surface area (TPSA) is 126 Å². The fraction of sp³-hybridized carbons (Fsp3) is 0.368. The van der Waals surface area contributed by atoms with Gasteiger partial charge in [-0.2, -0.15) is 5.10 Å². The predicted octanol–water partition coefficient (Wildman–Crippen LogP) is 1.66. The lowest BCUT2D eigenvalue weighted by molar-refractivity contribution is -0.149. The fourth-order valence-corrected chi connectivity index (χ4v) is 3.15. The van der Waals surface area contributed by atoms with Crippen molar-refractivity contribution in [2.24, 2.45) is 5.73 Å². The average Bonchev–Trinajstić information content (AvgIpc) is 3.36. The zero-order chi connectivity index (χ0) is 19.9. The summed E-state index contributed by atoms with van der Waals surface area (Å²) in [4.78, 5) is 35.2. The third kappa shape index (κ3) is 4.87. The first-order valence-corrected chi connectivity index (χ1v) is 9.05. The van der Waals surface area contributed by atoms with E-state index >= 15 is 0 Å². The first-order chi connectivity index (χ1) is 13.5. The Labute approximate surface area is 161 Å². The van der Waals surface area contributed by atoms with Gasteiger partial charge in [0.25, 0.3) is 11.8 Å². The summed E-state index contributed by atoms with van der Waals surface area (Å²) in [6.45, 7) is -0.896. The van der Waals surface area contributed by atoms with Crippen LogP contribution in [0.4, 0.5) is 5.82 Å². The smallest absolute Gasteiger partial charge is 0.344 e. The van der Waals surface area contributed by atoms with Crippen LogP contribution in [0.5, 0.6) is 5.75 Å². The molecular formula is C19H22N4O5. The second-order valence-electron chi connectivity index (χ2n) is 6.46. The predicted molar refractivity (Wildman–Crippen MR) is 99.8 cm³/mol. The van der Waals surface area contributed by atoms with Crippen molar-refractivity contribution in [3.8, 4) is 5.75 Å². The number of carbonyl (C=O) groups excluding carboxylic acids is 3. The Kier molecular flexibility index (Phi) is 6.25. The number of amides is 2. The molecule has 1 fully saturated rings. The van der Waals surface area contributed by atoms with Gasteiger partial charge < -0.3 is 20.5 Å². The van der Waals surface area contributed by atoms with Gasteiger partial charge in [-0.3, -0.25) is 9.59 Å². The van der Waals surface area contributed by atoms with Crippen molar-refractivity contribution in [1.82, 2.24) is 9.78 Å². The minimum absolute atomic E-state index is 0.160. The molecule has 0 unspecified atom stereocenters. The molecule has 2 aromatic rings. The number of nitrogens with zero attached hydrogens (tertiary/aromatic N) is 2. The molecule has 0 radical (unpaired) electrons. The molecule has 9 heteroatoms. The minimum Gasteiger partial charge on any atom is -0.481 e. The number of aromatic nitrogens is 2. The zero-order valence-electron chi connectivity index (χ0n) is 15.3. The Morgan fingerprint density at radius 1 is 1.14 bits per heavy atom. The highest BCUT2D eigenvalue weighted by Crippen LogP contribution is 2.31. The molecule has 1 aliphatic rings. The summed E-state index contributed by atoms with van der Waals surface area (Å²) in [5.74, 6) is -1.11. The Morgan fingerprint density at radius 3 is 2.64 bits per heavy atom. The van der Waals surface area contributed by atoms with Crippen LogP contribution in [0, 0.1) is 0 Å². The molecule has 28 heavy (non-hydrogen) atoms. The highest BCUT2D eigenvalue weighted by molar-refractivity contribution is 5.95. The number of primary amides is 1. The van der Waals surface area contributed by atoms with Gasteiger partial charge >= 0.3 is 5.97 Å². The summed E-state index contributed by atoms with van der Waals surface area (Å²) in [5.41, 5.74) is 5.41. The van der Waals surface area contributed by atoms with Crippen LogP contribution in [0.25, 0.3) is 0 Å².